The average Bonchev–Trinajstić information content (AvgIpc) is 2.38. The molecule has 0 aromatic rings. The van der Waals surface area contributed by atoms with Gasteiger partial charge in [-0.15, -0.1) is 0 Å². The van der Waals surface area contributed by atoms with E-state index in [1.165, 1.54) is 32.2 Å². The number of piperidine rings is 1. The van der Waals surface area contributed by atoms with Gasteiger partial charge >= 0.3 is 0 Å². The fourth-order valence-electron chi connectivity index (χ4n) is 3.30. The van der Waals surface area contributed by atoms with Crippen LogP contribution < -0.4 is 5.32 Å². The molecule has 0 radical (unpaired) electrons. The molecule has 2 aliphatic rings. The normalized spacial score (nSPS) is 34.5. The van der Waals surface area contributed by atoms with E-state index >= 15 is 0 Å². The highest BCUT2D eigenvalue weighted by Crippen LogP contribution is 2.30. The summed E-state index contributed by atoms with van der Waals surface area (Å²) in [5.41, 5.74) is 0. The molecule has 1 heterocycles. The molecule has 1 saturated heterocycles. The van der Waals surface area contributed by atoms with Crippen LogP contribution in [0.15, 0.2) is 0 Å². The van der Waals surface area contributed by atoms with Crippen LogP contribution in [-0.4, -0.2) is 18.9 Å². The number of nitrogens with one attached hydrogen (secondary N) is 1. The summed E-state index contributed by atoms with van der Waals surface area (Å²) in [6, 6.07) is 0. The molecule has 0 aromatic heterocycles. The predicted octanol–water partition coefficient (Wildman–Crippen LogP) is 3.16. The van der Waals surface area contributed by atoms with Crippen molar-refractivity contribution in [2.24, 2.45) is 17.8 Å². The van der Waals surface area contributed by atoms with E-state index in [9.17, 15) is 4.79 Å². The van der Waals surface area contributed by atoms with Crippen molar-refractivity contribution in [2.75, 3.05) is 13.1 Å². The van der Waals surface area contributed by atoms with E-state index in [4.69, 9.17) is 0 Å². The van der Waals surface area contributed by atoms with Crippen LogP contribution in [0.4, 0.5) is 0 Å². The minimum atomic E-state index is 0.405. The highest BCUT2D eigenvalue weighted by Gasteiger charge is 2.24. The van der Waals surface area contributed by atoms with Gasteiger partial charge in [-0.05, 0) is 57.0 Å². The van der Waals surface area contributed by atoms with Crippen LogP contribution in [0.2, 0.25) is 0 Å². The van der Waals surface area contributed by atoms with Gasteiger partial charge in [-0.3, -0.25) is 4.79 Å². The molecule has 1 N–H and O–H groups in total. The zero-order valence-electron chi connectivity index (χ0n) is 11.2. The van der Waals surface area contributed by atoms with Gasteiger partial charge in [-0.2, -0.15) is 0 Å². The Labute approximate surface area is 106 Å². The summed E-state index contributed by atoms with van der Waals surface area (Å²) in [5, 5.41) is 3.43. The SMILES string of the molecule is CC1CCC(C(=O)CCC2CCCNC2)CC1. The molecule has 1 aliphatic heterocycles. The minimum Gasteiger partial charge on any atom is -0.316 e. The van der Waals surface area contributed by atoms with Crippen molar-refractivity contribution in [3.8, 4) is 0 Å². The van der Waals surface area contributed by atoms with Crippen molar-refractivity contribution in [1.82, 2.24) is 5.32 Å². The highest BCUT2D eigenvalue weighted by molar-refractivity contribution is 5.81. The van der Waals surface area contributed by atoms with Crippen molar-refractivity contribution < 1.29 is 4.79 Å². The number of Topliss-reactive ketones (excluding diaryl/α,β-unsaturated/α-hetero) is 1. The lowest BCUT2D eigenvalue weighted by Gasteiger charge is -2.26. The second-order valence-electron chi connectivity index (χ2n) is 6.17. The molecule has 17 heavy (non-hydrogen) atoms. The van der Waals surface area contributed by atoms with Crippen molar-refractivity contribution in [1.29, 1.82) is 0 Å². The number of hydrogen-bond acceptors (Lipinski definition) is 2. The van der Waals surface area contributed by atoms with E-state index in [1.54, 1.807) is 0 Å². The Morgan fingerprint density at radius 3 is 2.59 bits per heavy atom. The van der Waals surface area contributed by atoms with Gasteiger partial charge in [-0.1, -0.05) is 19.8 Å². The van der Waals surface area contributed by atoms with Crippen LogP contribution in [0.25, 0.3) is 0 Å². The molecule has 0 bridgehead atoms. The van der Waals surface area contributed by atoms with Crippen LogP contribution in [0.3, 0.4) is 0 Å². The third-order valence-corrected chi connectivity index (χ3v) is 4.67. The number of carbonyl (C=O) groups excluding carboxylic acids is 1. The van der Waals surface area contributed by atoms with Gasteiger partial charge in [0.05, 0.1) is 0 Å². The van der Waals surface area contributed by atoms with Gasteiger partial charge in [0.15, 0.2) is 0 Å². The Kier molecular flexibility index (Phi) is 5.02. The summed E-state index contributed by atoms with van der Waals surface area (Å²) in [7, 11) is 0. The van der Waals surface area contributed by atoms with E-state index in [0.717, 1.165) is 44.1 Å². The Bertz CT molecular complexity index is 237. The number of carbonyl (C=O) groups is 1. The van der Waals surface area contributed by atoms with E-state index in [1.807, 2.05) is 0 Å². The maximum absolute atomic E-state index is 12.1. The zero-order chi connectivity index (χ0) is 12.1. The lowest BCUT2D eigenvalue weighted by molar-refractivity contribution is -0.124. The first-order valence-electron chi connectivity index (χ1n) is 7.49. The van der Waals surface area contributed by atoms with Gasteiger partial charge in [0.2, 0.25) is 0 Å². The lowest BCUT2D eigenvalue weighted by atomic mass is 9.79. The van der Waals surface area contributed by atoms with Gasteiger partial charge in [-0.25, -0.2) is 0 Å². The Hall–Kier alpha value is -0.370. The van der Waals surface area contributed by atoms with Crippen molar-refractivity contribution >= 4 is 5.78 Å². The molecule has 2 nitrogen and oxygen atoms in total. The third kappa shape index (κ3) is 4.09. The van der Waals surface area contributed by atoms with Crippen molar-refractivity contribution in [2.45, 2.75) is 58.3 Å². The molecular formula is C15H27NO. The van der Waals surface area contributed by atoms with Gasteiger partial charge in [0.1, 0.15) is 5.78 Å². The Morgan fingerprint density at radius 2 is 1.94 bits per heavy atom. The van der Waals surface area contributed by atoms with Crippen LogP contribution in [0.5, 0.6) is 0 Å². The maximum atomic E-state index is 12.1. The van der Waals surface area contributed by atoms with Crippen molar-refractivity contribution in [3.05, 3.63) is 0 Å². The van der Waals surface area contributed by atoms with E-state index in [2.05, 4.69) is 12.2 Å². The molecule has 98 valence electrons. The summed E-state index contributed by atoms with van der Waals surface area (Å²) in [6.07, 6.45) is 9.42. The second kappa shape index (κ2) is 6.53. The number of hydrogen-bond donors (Lipinski definition) is 1. The fourth-order valence-corrected chi connectivity index (χ4v) is 3.30. The van der Waals surface area contributed by atoms with Gasteiger partial charge in [0.25, 0.3) is 0 Å². The first kappa shape index (κ1) is 13.1. The molecule has 0 amide bonds. The van der Waals surface area contributed by atoms with Gasteiger partial charge < -0.3 is 5.32 Å². The molecule has 2 heteroatoms. The standard InChI is InChI=1S/C15H27NO/c1-12-4-7-14(8-5-12)15(17)9-6-13-3-2-10-16-11-13/h12-14,16H,2-11H2,1H3. The molecule has 2 rings (SSSR count). The fraction of sp³-hybridized carbons (Fsp3) is 0.933. The Morgan fingerprint density at radius 1 is 1.18 bits per heavy atom. The molecule has 1 aliphatic carbocycles. The monoisotopic (exact) mass is 237 g/mol. The molecule has 2 fully saturated rings. The molecule has 0 aromatic carbocycles. The predicted molar refractivity (Wildman–Crippen MR) is 71.0 cm³/mol. The Balaban J connectivity index is 1.66. The second-order valence-corrected chi connectivity index (χ2v) is 6.17. The smallest absolute Gasteiger partial charge is 0.135 e. The summed E-state index contributed by atoms with van der Waals surface area (Å²) in [4.78, 5) is 12.1. The number of rotatable bonds is 4. The molecular weight excluding hydrogens is 210 g/mol. The quantitative estimate of drug-likeness (QED) is 0.813. The van der Waals surface area contributed by atoms with Crippen LogP contribution >= 0.6 is 0 Å². The van der Waals surface area contributed by atoms with Crippen LogP contribution in [-0.2, 0) is 4.79 Å². The number of ketones is 1. The topological polar surface area (TPSA) is 29.1 Å². The molecule has 1 saturated carbocycles. The summed E-state index contributed by atoms with van der Waals surface area (Å²) in [6.45, 7) is 4.62. The molecule has 1 unspecified atom stereocenters. The zero-order valence-corrected chi connectivity index (χ0v) is 11.2. The van der Waals surface area contributed by atoms with Crippen molar-refractivity contribution in [3.63, 3.8) is 0 Å². The van der Waals surface area contributed by atoms with E-state index < -0.39 is 0 Å². The summed E-state index contributed by atoms with van der Waals surface area (Å²) < 4.78 is 0. The largest absolute Gasteiger partial charge is 0.316 e. The average molecular weight is 237 g/mol. The summed E-state index contributed by atoms with van der Waals surface area (Å²) >= 11 is 0. The molecule has 0 spiro atoms. The van der Waals surface area contributed by atoms with Crippen LogP contribution in [0.1, 0.15) is 58.3 Å². The highest BCUT2D eigenvalue weighted by atomic mass is 16.1. The first-order chi connectivity index (χ1) is 8.25. The lowest BCUT2D eigenvalue weighted by Crippen LogP contribution is -2.30. The van der Waals surface area contributed by atoms with E-state index in [-0.39, 0.29) is 0 Å². The third-order valence-electron chi connectivity index (χ3n) is 4.67. The van der Waals surface area contributed by atoms with E-state index in [0.29, 0.717) is 11.7 Å². The molecule has 1 atom stereocenters. The minimum absolute atomic E-state index is 0.405. The maximum Gasteiger partial charge on any atom is 0.135 e. The summed E-state index contributed by atoms with van der Waals surface area (Å²) in [5.74, 6) is 2.57. The van der Waals surface area contributed by atoms with Gasteiger partial charge in [0, 0.05) is 12.3 Å². The first-order valence-corrected chi connectivity index (χ1v) is 7.49. The van der Waals surface area contributed by atoms with Crippen LogP contribution in [0, 0.1) is 17.8 Å².